The number of carbonyl (C=O) groups excluding carboxylic acids is 4. The summed E-state index contributed by atoms with van der Waals surface area (Å²) < 4.78 is 18.2. The third-order valence-electron chi connectivity index (χ3n) is 9.39. The molecule has 2 saturated heterocycles. The van der Waals surface area contributed by atoms with Crippen LogP contribution in [0, 0.1) is 11.8 Å². The third kappa shape index (κ3) is 6.30. The van der Waals surface area contributed by atoms with Crippen LogP contribution >= 0.6 is 0 Å². The number of hydrogen-bond acceptors (Lipinski definition) is 8. The predicted molar refractivity (Wildman–Crippen MR) is 164 cm³/mol. The Hall–Kier alpha value is -3.54. The molecular formula is C34H45N3O8. The van der Waals surface area contributed by atoms with Gasteiger partial charge in [0.05, 0.1) is 24.7 Å². The van der Waals surface area contributed by atoms with E-state index in [-0.39, 0.29) is 56.4 Å². The quantitative estimate of drug-likeness (QED) is 0.316. The van der Waals surface area contributed by atoms with Crippen molar-refractivity contribution in [2.24, 2.45) is 11.8 Å². The molecule has 1 aromatic rings. The first-order valence-electron chi connectivity index (χ1n) is 16.0. The number of hydrogen-bond donors (Lipinski definition) is 2. The summed E-state index contributed by atoms with van der Waals surface area (Å²) in [6.07, 6.45) is 8.18. The molecule has 1 spiro atoms. The molecule has 2 N–H and O–H groups in total. The van der Waals surface area contributed by atoms with Crippen molar-refractivity contribution in [3.63, 3.8) is 0 Å². The van der Waals surface area contributed by atoms with E-state index >= 15 is 0 Å². The van der Waals surface area contributed by atoms with Crippen molar-refractivity contribution in [2.75, 3.05) is 33.4 Å². The molecule has 0 radical (unpaired) electrons. The fraction of sp³-hybridized carbons (Fsp3) is 0.588. The number of methoxy groups -OCH3 is 1. The van der Waals surface area contributed by atoms with Gasteiger partial charge >= 0.3 is 5.97 Å². The van der Waals surface area contributed by atoms with E-state index in [4.69, 9.17) is 14.2 Å². The molecule has 45 heavy (non-hydrogen) atoms. The zero-order valence-electron chi connectivity index (χ0n) is 26.3. The first kappa shape index (κ1) is 32.8. The van der Waals surface area contributed by atoms with E-state index in [1.54, 1.807) is 17.1 Å². The van der Waals surface area contributed by atoms with Gasteiger partial charge in [0.2, 0.25) is 17.7 Å². The maximum Gasteiger partial charge on any atom is 0.313 e. The van der Waals surface area contributed by atoms with Gasteiger partial charge in [-0.2, -0.15) is 0 Å². The Kier molecular flexibility index (Phi) is 10.4. The second kappa shape index (κ2) is 14.3. The van der Waals surface area contributed by atoms with Crippen LogP contribution in [0.5, 0.6) is 0 Å². The molecule has 11 heteroatoms. The Balaban J connectivity index is 1.59. The lowest BCUT2D eigenvalue weighted by molar-refractivity contribution is -0.162. The summed E-state index contributed by atoms with van der Waals surface area (Å²) in [6, 6.07) is 7.29. The highest BCUT2D eigenvalue weighted by molar-refractivity contribution is 5.99. The minimum absolute atomic E-state index is 0.0843. The molecule has 2 fully saturated rings. The molecule has 0 aliphatic carbocycles. The van der Waals surface area contributed by atoms with Crippen LogP contribution in [0.25, 0.3) is 0 Å². The minimum Gasteiger partial charge on any atom is -0.455 e. The number of aliphatic hydroxyl groups excluding tert-OH is 1. The van der Waals surface area contributed by atoms with E-state index in [1.807, 2.05) is 49.4 Å². The number of esters is 1. The molecule has 5 bridgehead atoms. The van der Waals surface area contributed by atoms with E-state index in [0.29, 0.717) is 18.5 Å². The van der Waals surface area contributed by atoms with Gasteiger partial charge in [-0.05, 0) is 31.7 Å². The second-order valence-electron chi connectivity index (χ2n) is 12.3. The Bertz CT molecular complexity index is 1300. The highest BCUT2D eigenvalue weighted by Gasteiger charge is 2.73. The molecule has 8 atom stereocenters. The van der Waals surface area contributed by atoms with E-state index in [0.717, 1.165) is 12.8 Å². The number of ether oxygens (including phenoxy) is 3. The van der Waals surface area contributed by atoms with Gasteiger partial charge in [0.25, 0.3) is 0 Å². The van der Waals surface area contributed by atoms with Gasteiger partial charge in [0, 0.05) is 39.3 Å². The van der Waals surface area contributed by atoms with Gasteiger partial charge in [-0.3, -0.25) is 19.2 Å². The van der Waals surface area contributed by atoms with E-state index in [9.17, 15) is 24.3 Å². The molecule has 0 aromatic heterocycles. The Labute approximate surface area is 264 Å². The first-order valence-corrected chi connectivity index (χ1v) is 16.0. The van der Waals surface area contributed by atoms with Gasteiger partial charge in [0.1, 0.15) is 23.7 Å². The Morgan fingerprint density at radius 3 is 2.62 bits per heavy atom. The molecular weight excluding hydrogens is 578 g/mol. The van der Waals surface area contributed by atoms with Crippen LogP contribution in [0.4, 0.5) is 0 Å². The fourth-order valence-corrected chi connectivity index (χ4v) is 7.33. The predicted octanol–water partition coefficient (Wildman–Crippen LogP) is 2.30. The summed E-state index contributed by atoms with van der Waals surface area (Å²) in [5, 5.41) is 12.7. The standard InChI is InChI=1S/C34H45N3O8/c1-4-12-22(2)36-18-10-6-9-15-26(39)35-24(21-43-3)29(23-13-7-5-8-14-23)44-33(42)27-25-16-17-34(45-25)28(27)31(40)37(19-11-20-38)30(34)32(36)41/h5-8,10,13-14,16-17,22,24-25,27-30,38H,4,9,11-12,15,18-21H2,1-3H3,(H,35,39)/b10-6-/t22?,24-,25+,27-,28-,29-,30+,34-/m0/s1. The topological polar surface area (TPSA) is 135 Å². The maximum absolute atomic E-state index is 14.6. The van der Waals surface area contributed by atoms with Crippen LogP contribution in [0.15, 0.2) is 54.6 Å². The van der Waals surface area contributed by atoms with Gasteiger partial charge in [0.15, 0.2) is 0 Å². The number of aliphatic hydroxyl groups is 1. The van der Waals surface area contributed by atoms with Crippen LogP contribution in [-0.4, -0.2) is 102 Å². The number of rotatable bonds is 9. The van der Waals surface area contributed by atoms with Crippen molar-refractivity contribution < 1.29 is 38.5 Å². The van der Waals surface area contributed by atoms with E-state index in [2.05, 4.69) is 12.2 Å². The first-order chi connectivity index (χ1) is 21.8. The summed E-state index contributed by atoms with van der Waals surface area (Å²) in [4.78, 5) is 59.4. The van der Waals surface area contributed by atoms with Crippen LogP contribution in [0.1, 0.15) is 57.6 Å². The molecule has 4 aliphatic rings. The van der Waals surface area contributed by atoms with Gasteiger partial charge < -0.3 is 34.4 Å². The summed E-state index contributed by atoms with van der Waals surface area (Å²) >= 11 is 0. The van der Waals surface area contributed by atoms with Crippen molar-refractivity contribution in [2.45, 2.75) is 81.9 Å². The van der Waals surface area contributed by atoms with Crippen molar-refractivity contribution in [3.05, 3.63) is 60.2 Å². The van der Waals surface area contributed by atoms with Gasteiger partial charge in [-0.1, -0.05) is 68.0 Å². The molecule has 3 amide bonds. The second-order valence-corrected chi connectivity index (χ2v) is 12.3. The number of carbonyl (C=O) groups is 4. The summed E-state index contributed by atoms with van der Waals surface area (Å²) in [7, 11) is 1.51. The van der Waals surface area contributed by atoms with E-state index in [1.165, 1.54) is 12.0 Å². The molecule has 1 aromatic carbocycles. The molecule has 244 valence electrons. The average molecular weight is 624 g/mol. The van der Waals surface area contributed by atoms with Gasteiger partial charge in [-0.15, -0.1) is 0 Å². The lowest BCUT2D eigenvalue weighted by Crippen LogP contribution is -2.57. The Morgan fingerprint density at radius 2 is 1.91 bits per heavy atom. The van der Waals surface area contributed by atoms with Crippen molar-refractivity contribution >= 4 is 23.7 Å². The number of nitrogens with zero attached hydrogens (tertiary/aromatic N) is 2. The number of cyclic esters (lactones) is 1. The number of allylic oxidation sites excluding steroid dienone is 1. The third-order valence-corrected chi connectivity index (χ3v) is 9.39. The SMILES string of the molecule is CCCC(C)N1C/C=C\CCC(=O)N[C@@H](COC)[C@H](c2ccccc2)OC(=O)[C@@H]2[C@H]3C(=O)N(CCCO)[C@H](C1=O)[C@]31C=C[C@H]2O1. The number of fused-ring (bicyclic) bond motifs is 2. The zero-order valence-corrected chi connectivity index (χ0v) is 26.3. The zero-order chi connectivity index (χ0) is 32.1. The summed E-state index contributed by atoms with van der Waals surface area (Å²) in [5.41, 5.74) is -0.682. The summed E-state index contributed by atoms with van der Waals surface area (Å²) in [5.74, 6) is -3.49. The van der Waals surface area contributed by atoms with Crippen LogP contribution < -0.4 is 5.32 Å². The average Bonchev–Trinajstić information content (AvgIpc) is 3.67. The maximum atomic E-state index is 14.6. The van der Waals surface area contributed by atoms with Crippen molar-refractivity contribution in [3.8, 4) is 0 Å². The smallest absolute Gasteiger partial charge is 0.313 e. The largest absolute Gasteiger partial charge is 0.455 e. The summed E-state index contributed by atoms with van der Waals surface area (Å²) in [6.45, 7) is 4.41. The van der Waals surface area contributed by atoms with Crippen LogP contribution in [0.2, 0.25) is 0 Å². The molecule has 4 aliphatic heterocycles. The van der Waals surface area contributed by atoms with E-state index < -0.39 is 47.7 Å². The number of nitrogens with one attached hydrogen (secondary N) is 1. The molecule has 1 unspecified atom stereocenters. The number of benzene rings is 1. The normalized spacial score (nSPS) is 33.2. The minimum atomic E-state index is -1.35. The monoisotopic (exact) mass is 623 g/mol. The Morgan fingerprint density at radius 1 is 1.13 bits per heavy atom. The highest BCUT2D eigenvalue weighted by Crippen LogP contribution is 2.56. The fourth-order valence-electron chi connectivity index (χ4n) is 7.33. The highest BCUT2D eigenvalue weighted by atomic mass is 16.6. The molecule has 0 saturated carbocycles. The molecule has 4 heterocycles. The van der Waals surface area contributed by atoms with Crippen LogP contribution in [0.3, 0.4) is 0 Å². The van der Waals surface area contributed by atoms with Crippen molar-refractivity contribution in [1.82, 2.24) is 15.1 Å². The lowest BCUT2D eigenvalue weighted by atomic mass is 9.74. The molecule has 5 rings (SSSR count). The number of amides is 3. The molecule has 11 nitrogen and oxygen atoms in total. The lowest BCUT2D eigenvalue weighted by Gasteiger charge is -2.38. The van der Waals surface area contributed by atoms with Gasteiger partial charge in [-0.25, -0.2) is 0 Å². The van der Waals surface area contributed by atoms with Crippen molar-refractivity contribution in [1.29, 1.82) is 0 Å². The van der Waals surface area contributed by atoms with Crippen LogP contribution in [-0.2, 0) is 33.4 Å². The number of likely N-dealkylation sites (tertiary alicyclic amines) is 1.